The van der Waals surface area contributed by atoms with Gasteiger partial charge in [-0.1, -0.05) is 12.1 Å². The van der Waals surface area contributed by atoms with Crippen LogP contribution in [0, 0.1) is 0 Å². The summed E-state index contributed by atoms with van der Waals surface area (Å²) in [6.45, 7) is 5.90. The van der Waals surface area contributed by atoms with Crippen LogP contribution < -0.4 is 20.5 Å². The maximum absolute atomic E-state index is 6.19. The van der Waals surface area contributed by atoms with Gasteiger partial charge in [0.25, 0.3) is 0 Å². The zero-order valence-electron chi connectivity index (χ0n) is 12.0. The molecule has 0 amide bonds. The molecule has 0 saturated carbocycles. The van der Waals surface area contributed by atoms with Gasteiger partial charge in [-0.05, 0) is 39.3 Å². The Morgan fingerprint density at radius 2 is 2.16 bits per heavy atom. The summed E-state index contributed by atoms with van der Waals surface area (Å²) < 4.78 is 11.6. The van der Waals surface area contributed by atoms with Crippen LogP contribution in [-0.2, 0) is 5.54 Å². The van der Waals surface area contributed by atoms with E-state index in [1.807, 2.05) is 32.0 Å². The van der Waals surface area contributed by atoms with Crippen LogP contribution in [0.15, 0.2) is 18.2 Å². The molecule has 106 valence electrons. The summed E-state index contributed by atoms with van der Waals surface area (Å²) in [4.78, 5) is 0. The molecular formula is C15H24N2O2. The molecule has 1 atom stereocenters. The van der Waals surface area contributed by atoms with Crippen LogP contribution in [0.3, 0.4) is 0 Å². The predicted octanol–water partition coefficient (Wildman–Crippen LogP) is 2.02. The second-order valence-corrected chi connectivity index (χ2v) is 5.64. The molecular weight excluding hydrogens is 240 g/mol. The van der Waals surface area contributed by atoms with Crippen LogP contribution in [0.1, 0.15) is 32.3 Å². The quantitative estimate of drug-likeness (QED) is 0.873. The first-order valence-electron chi connectivity index (χ1n) is 6.86. The summed E-state index contributed by atoms with van der Waals surface area (Å²) in [6.07, 6.45) is 2.43. The average Bonchev–Trinajstić information content (AvgIpc) is 2.38. The molecule has 1 aliphatic rings. The molecule has 1 aromatic carbocycles. The number of benzene rings is 1. The Hall–Kier alpha value is -1.26. The van der Waals surface area contributed by atoms with Gasteiger partial charge in [0.2, 0.25) is 0 Å². The van der Waals surface area contributed by atoms with Crippen LogP contribution in [0.4, 0.5) is 0 Å². The van der Waals surface area contributed by atoms with Gasteiger partial charge in [0.05, 0.1) is 7.11 Å². The van der Waals surface area contributed by atoms with Crippen molar-refractivity contribution in [3.05, 3.63) is 23.8 Å². The largest absolute Gasteiger partial charge is 0.493 e. The number of piperidine rings is 1. The Labute approximate surface area is 115 Å². The summed E-state index contributed by atoms with van der Waals surface area (Å²) >= 11 is 0. The van der Waals surface area contributed by atoms with Crippen LogP contribution in [0.5, 0.6) is 11.5 Å². The Morgan fingerprint density at radius 3 is 2.74 bits per heavy atom. The van der Waals surface area contributed by atoms with Crippen molar-refractivity contribution in [3.8, 4) is 11.5 Å². The van der Waals surface area contributed by atoms with E-state index in [9.17, 15) is 0 Å². The Kier molecular flexibility index (Phi) is 4.32. The van der Waals surface area contributed by atoms with E-state index in [4.69, 9.17) is 15.2 Å². The predicted molar refractivity (Wildman–Crippen MR) is 76.7 cm³/mol. The highest BCUT2D eigenvalue weighted by molar-refractivity contribution is 5.49. The molecule has 1 aromatic rings. The van der Waals surface area contributed by atoms with E-state index in [1.54, 1.807) is 7.11 Å². The van der Waals surface area contributed by atoms with E-state index in [0.29, 0.717) is 0 Å². The molecule has 1 unspecified atom stereocenters. The maximum Gasteiger partial charge on any atom is 0.165 e. The molecule has 4 heteroatoms. The van der Waals surface area contributed by atoms with Gasteiger partial charge in [-0.3, -0.25) is 0 Å². The molecule has 1 heterocycles. The molecule has 0 aromatic heterocycles. The lowest BCUT2D eigenvalue weighted by molar-refractivity contribution is 0.160. The summed E-state index contributed by atoms with van der Waals surface area (Å²) in [6, 6.07) is 5.91. The van der Waals surface area contributed by atoms with Crippen molar-refractivity contribution in [2.24, 2.45) is 5.73 Å². The highest BCUT2D eigenvalue weighted by Crippen LogP contribution is 2.37. The van der Waals surface area contributed by atoms with E-state index >= 15 is 0 Å². The second kappa shape index (κ2) is 5.80. The zero-order chi connectivity index (χ0) is 13.9. The lowest BCUT2D eigenvalue weighted by Crippen LogP contribution is -2.37. The number of nitrogens with one attached hydrogen (secondary N) is 1. The van der Waals surface area contributed by atoms with Crippen molar-refractivity contribution in [1.29, 1.82) is 0 Å². The number of rotatable bonds is 4. The minimum absolute atomic E-state index is 0.207. The van der Waals surface area contributed by atoms with Gasteiger partial charge in [-0.25, -0.2) is 0 Å². The van der Waals surface area contributed by atoms with E-state index in [-0.39, 0.29) is 6.10 Å². The average molecular weight is 264 g/mol. The van der Waals surface area contributed by atoms with Crippen LogP contribution >= 0.6 is 0 Å². The van der Waals surface area contributed by atoms with Crippen molar-refractivity contribution in [1.82, 2.24) is 5.32 Å². The minimum atomic E-state index is -0.449. The molecule has 0 aliphatic carbocycles. The van der Waals surface area contributed by atoms with Gasteiger partial charge in [0.15, 0.2) is 11.5 Å². The zero-order valence-corrected chi connectivity index (χ0v) is 12.0. The third kappa shape index (κ3) is 3.39. The molecule has 1 aliphatic heterocycles. The molecule has 1 fully saturated rings. The standard InChI is InChI=1S/C15H24N2O2/c1-15(2,16)12-7-4-8-13(14(12)18-3)19-11-6-5-9-17-10-11/h4,7-8,11,17H,5-6,9-10,16H2,1-3H3. The number of hydrogen-bond donors (Lipinski definition) is 2. The van der Waals surface area contributed by atoms with Gasteiger partial charge in [-0.15, -0.1) is 0 Å². The smallest absolute Gasteiger partial charge is 0.165 e. The topological polar surface area (TPSA) is 56.5 Å². The fourth-order valence-corrected chi connectivity index (χ4v) is 2.43. The number of methoxy groups -OCH3 is 1. The third-order valence-electron chi connectivity index (χ3n) is 3.42. The first-order chi connectivity index (χ1) is 9.02. The Morgan fingerprint density at radius 1 is 1.37 bits per heavy atom. The van der Waals surface area contributed by atoms with E-state index in [1.165, 1.54) is 0 Å². The first kappa shape index (κ1) is 14.2. The third-order valence-corrected chi connectivity index (χ3v) is 3.42. The number of nitrogens with two attached hydrogens (primary N) is 1. The van der Waals surface area contributed by atoms with Gasteiger partial charge in [0.1, 0.15) is 6.10 Å². The van der Waals surface area contributed by atoms with Crippen molar-refractivity contribution in [3.63, 3.8) is 0 Å². The van der Waals surface area contributed by atoms with Crippen LogP contribution in [-0.4, -0.2) is 26.3 Å². The fourth-order valence-electron chi connectivity index (χ4n) is 2.43. The lowest BCUT2D eigenvalue weighted by atomic mass is 9.94. The molecule has 2 rings (SSSR count). The monoisotopic (exact) mass is 264 g/mol. The molecule has 3 N–H and O–H groups in total. The highest BCUT2D eigenvalue weighted by Gasteiger charge is 2.23. The molecule has 0 spiro atoms. The number of hydrogen-bond acceptors (Lipinski definition) is 4. The van der Waals surface area contributed by atoms with Crippen LogP contribution in [0.25, 0.3) is 0 Å². The highest BCUT2D eigenvalue weighted by atomic mass is 16.5. The molecule has 4 nitrogen and oxygen atoms in total. The Bertz CT molecular complexity index is 421. The molecule has 0 bridgehead atoms. The first-order valence-corrected chi connectivity index (χ1v) is 6.86. The van der Waals surface area contributed by atoms with Crippen molar-refractivity contribution >= 4 is 0 Å². The van der Waals surface area contributed by atoms with Crippen molar-refractivity contribution in [2.75, 3.05) is 20.2 Å². The number of ether oxygens (including phenoxy) is 2. The fraction of sp³-hybridized carbons (Fsp3) is 0.600. The molecule has 1 saturated heterocycles. The lowest BCUT2D eigenvalue weighted by Gasteiger charge is -2.27. The summed E-state index contributed by atoms with van der Waals surface area (Å²) in [7, 11) is 1.66. The van der Waals surface area contributed by atoms with Crippen molar-refractivity contribution < 1.29 is 9.47 Å². The van der Waals surface area contributed by atoms with Gasteiger partial charge < -0.3 is 20.5 Å². The number of para-hydroxylation sites is 1. The Balaban J connectivity index is 2.24. The summed E-state index contributed by atoms with van der Waals surface area (Å²) in [5.41, 5.74) is 6.71. The van der Waals surface area contributed by atoms with Crippen LogP contribution in [0.2, 0.25) is 0 Å². The minimum Gasteiger partial charge on any atom is -0.493 e. The van der Waals surface area contributed by atoms with Crippen molar-refractivity contribution in [2.45, 2.75) is 38.3 Å². The summed E-state index contributed by atoms with van der Waals surface area (Å²) in [5, 5.41) is 3.35. The van der Waals surface area contributed by atoms with E-state index in [0.717, 1.165) is 43.0 Å². The van der Waals surface area contributed by atoms with Gasteiger partial charge in [-0.2, -0.15) is 0 Å². The maximum atomic E-state index is 6.19. The van der Waals surface area contributed by atoms with E-state index < -0.39 is 5.54 Å². The molecule has 19 heavy (non-hydrogen) atoms. The van der Waals surface area contributed by atoms with Gasteiger partial charge in [0, 0.05) is 17.6 Å². The normalized spacial score (nSPS) is 20.1. The SMILES string of the molecule is COc1c(OC2CCCNC2)cccc1C(C)(C)N. The molecule has 0 radical (unpaired) electrons. The second-order valence-electron chi connectivity index (χ2n) is 5.64. The summed E-state index contributed by atoms with van der Waals surface area (Å²) in [5.74, 6) is 1.53. The van der Waals surface area contributed by atoms with E-state index in [2.05, 4.69) is 5.32 Å². The van der Waals surface area contributed by atoms with Gasteiger partial charge >= 0.3 is 0 Å².